The number of aliphatic imine (C=N–C) groups is 3. The van der Waals surface area contributed by atoms with Gasteiger partial charge >= 0.3 is 5.97 Å². The highest BCUT2D eigenvalue weighted by Crippen LogP contribution is 2.33. The third-order valence-electron chi connectivity index (χ3n) is 3.34. The van der Waals surface area contributed by atoms with Crippen molar-refractivity contribution < 1.29 is 24.3 Å². The molecule has 0 saturated carbocycles. The lowest BCUT2D eigenvalue weighted by molar-refractivity contribution is -0.146. The third kappa shape index (κ3) is 5.63. The Bertz CT molecular complexity index is 484. The van der Waals surface area contributed by atoms with Crippen molar-refractivity contribution in [2.45, 2.75) is 38.1 Å². The summed E-state index contributed by atoms with van der Waals surface area (Å²) in [6.45, 7) is 1.91. The van der Waals surface area contributed by atoms with Crippen LogP contribution in [0.25, 0.3) is 0 Å². The lowest BCUT2D eigenvalue weighted by Gasteiger charge is -2.31. The number of carboxylic acid groups (broad SMARTS) is 1. The zero-order valence-electron chi connectivity index (χ0n) is 11.7. The molecule has 114 valence electrons. The molecule has 0 aromatic rings. The van der Waals surface area contributed by atoms with Gasteiger partial charge in [-0.05, 0) is 18.8 Å². The van der Waals surface area contributed by atoms with E-state index >= 15 is 0 Å². The summed E-state index contributed by atoms with van der Waals surface area (Å²) in [7, 11) is 0. The zero-order valence-corrected chi connectivity index (χ0v) is 11.7. The number of rotatable bonds is 11. The summed E-state index contributed by atoms with van der Waals surface area (Å²) in [6, 6.07) is 0. The van der Waals surface area contributed by atoms with Gasteiger partial charge < -0.3 is 5.11 Å². The molecule has 2 unspecified atom stereocenters. The molecule has 0 aliphatic rings. The van der Waals surface area contributed by atoms with Crippen molar-refractivity contribution in [3.63, 3.8) is 0 Å². The van der Waals surface area contributed by atoms with E-state index in [0.29, 0.717) is 19.3 Å². The van der Waals surface area contributed by atoms with E-state index in [1.807, 2.05) is 0 Å². The summed E-state index contributed by atoms with van der Waals surface area (Å²) in [4.78, 5) is 52.5. The topological polar surface area (TPSA) is 126 Å². The molecule has 21 heavy (non-hydrogen) atoms. The third-order valence-corrected chi connectivity index (χ3v) is 3.34. The molecule has 0 aromatic carbocycles. The molecular weight excluding hydrogens is 278 g/mol. The highest BCUT2D eigenvalue weighted by molar-refractivity contribution is 5.80. The van der Waals surface area contributed by atoms with Gasteiger partial charge in [0.25, 0.3) is 0 Å². The molecule has 0 spiro atoms. The zero-order chi connectivity index (χ0) is 16.1. The Balaban J connectivity index is 5.26. The first-order valence-corrected chi connectivity index (χ1v) is 6.48. The molecule has 0 heterocycles. The molecule has 8 heteroatoms. The second kappa shape index (κ2) is 10.4. The quantitative estimate of drug-likeness (QED) is 0.346. The van der Waals surface area contributed by atoms with Crippen LogP contribution in [0.15, 0.2) is 15.0 Å². The van der Waals surface area contributed by atoms with Gasteiger partial charge in [-0.15, -0.1) is 0 Å². The van der Waals surface area contributed by atoms with Crippen LogP contribution in [-0.4, -0.2) is 47.9 Å². The minimum absolute atomic E-state index is 0.0933. The highest BCUT2D eigenvalue weighted by atomic mass is 16.4. The molecule has 0 bridgehead atoms. The van der Waals surface area contributed by atoms with Gasteiger partial charge in [-0.25, -0.2) is 29.2 Å². The fourth-order valence-corrected chi connectivity index (χ4v) is 2.28. The number of carbonyl (C=O) groups is 1. The van der Waals surface area contributed by atoms with E-state index in [1.54, 1.807) is 6.92 Å². The van der Waals surface area contributed by atoms with E-state index in [9.17, 15) is 24.3 Å². The maximum absolute atomic E-state index is 11.6. The van der Waals surface area contributed by atoms with E-state index in [0.717, 1.165) is 0 Å². The van der Waals surface area contributed by atoms with E-state index in [1.165, 1.54) is 18.2 Å². The SMILES string of the molecule is CCC(CCCN=C=O)C(CCN=C=O)(N=C=O)C(=O)O. The molecule has 0 saturated heterocycles. The van der Waals surface area contributed by atoms with E-state index in [2.05, 4.69) is 15.0 Å². The van der Waals surface area contributed by atoms with Gasteiger partial charge in [0.05, 0.1) is 13.1 Å². The highest BCUT2D eigenvalue weighted by Gasteiger charge is 2.44. The molecule has 0 aliphatic heterocycles. The van der Waals surface area contributed by atoms with Crippen LogP contribution in [-0.2, 0) is 19.2 Å². The summed E-state index contributed by atoms with van der Waals surface area (Å²) in [5.74, 6) is -1.72. The Morgan fingerprint density at radius 2 is 1.76 bits per heavy atom. The lowest BCUT2D eigenvalue weighted by atomic mass is 9.77. The molecule has 0 aromatic heterocycles. The largest absolute Gasteiger partial charge is 0.479 e. The van der Waals surface area contributed by atoms with Gasteiger partial charge in [0, 0.05) is 6.42 Å². The Hall–Kier alpha value is -2.39. The van der Waals surface area contributed by atoms with E-state index < -0.39 is 17.4 Å². The molecule has 0 aliphatic carbocycles. The van der Waals surface area contributed by atoms with Crippen molar-refractivity contribution in [3.8, 4) is 0 Å². The van der Waals surface area contributed by atoms with Crippen molar-refractivity contribution in [2.75, 3.05) is 13.1 Å². The first-order valence-electron chi connectivity index (χ1n) is 6.48. The van der Waals surface area contributed by atoms with Crippen LogP contribution in [0.2, 0.25) is 0 Å². The first kappa shape index (κ1) is 18.6. The van der Waals surface area contributed by atoms with Crippen molar-refractivity contribution in [2.24, 2.45) is 20.9 Å². The maximum atomic E-state index is 11.6. The minimum atomic E-state index is -1.68. The number of hydrogen-bond acceptors (Lipinski definition) is 7. The number of isocyanates is 3. The molecule has 0 rings (SSSR count). The van der Waals surface area contributed by atoms with Crippen LogP contribution < -0.4 is 0 Å². The summed E-state index contributed by atoms with van der Waals surface area (Å²) < 4.78 is 0. The van der Waals surface area contributed by atoms with Crippen molar-refractivity contribution in [1.82, 2.24) is 0 Å². The molecule has 1 N–H and O–H groups in total. The van der Waals surface area contributed by atoms with Gasteiger partial charge in [0.2, 0.25) is 18.2 Å². The Labute approximate surface area is 121 Å². The van der Waals surface area contributed by atoms with Gasteiger partial charge in [0.1, 0.15) is 0 Å². The predicted molar refractivity (Wildman–Crippen MR) is 72.1 cm³/mol. The lowest BCUT2D eigenvalue weighted by Crippen LogP contribution is -2.45. The average molecular weight is 295 g/mol. The predicted octanol–water partition coefficient (Wildman–Crippen LogP) is 1.01. The van der Waals surface area contributed by atoms with E-state index in [-0.39, 0.29) is 19.5 Å². The van der Waals surface area contributed by atoms with Crippen LogP contribution in [0.5, 0.6) is 0 Å². The fourth-order valence-electron chi connectivity index (χ4n) is 2.28. The van der Waals surface area contributed by atoms with Gasteiger partial charge in [-0.3, -0.25) is 0 Å². The standard InChI is InChI=1S/C13H17N3O5/c1-2-11(4-3-6-14-8-17)13(12(20)21,16-10-19)5-7-15-9-18/h11H,2-7H2,1H3,(H,20,21). The van der Waals surface area contributed by atoms with Gasteiger partial charge in [-0.1, -0.05) is 13.3 Å². The average Bonchev–Trinajstić information content (AvgIpc) is 2.46. The van der Waals surface area contributed by atoms with Crippen LogP contribution in [0.4, 0.5) is 0 Å². The van der Waals surface area contributed by atoms with Crippen LogP contribution in [0, 0.1) is 5.92 Å². The smallest absolute Gasteiger partial charge is 0.332 e. The summed E-state index contributed by atoms with van der Waals surface area (Å²) in [5, 5.41) is 9.46. The molecule has 0 amide bonds. The first-order chi connectivity index (χ1) is 10.1. The summed E-state index contributed by atoms with van der Waals surface area (Å²) in [5.41, 5.74) is -1.68. The Kier molecular flexibility index (Phi) is 9.22. The number of carbonyl (C=O) groups excluding carboxylic acids is 3. The maximum Gasteiger partial charge on any atom is 0.332 e. The summed E-state index contributed by atoms with van der Waals surface area (Å²) in [6.07, 6.45) is 5.26. The molecule has 8 nitrogen and oxygen atoms in total. The fraction of sp³-hybridized carbons (Fsp3) is 0.692. The second-order valence-corrected chi connectivity index (χ2v) is 4.38. The monoisotopic (exact) mass is 295 g/mol. The second-order valence-electron chi connectivity index (χ2n) is 4.38. The summed E-state index contributed by atoms with van der Waals surface area (Å²) >= 11 is 0. The van der Waals surface area contributed by atoms with Gasteiger partial charge in [0.15, 0.2) is 5.54 Å². The molecule has 0 fully saturated rings. The van der Waals surface area contributed by atoms with Crippen LogP contribution in [0.3, 0.4) is 0 Å². The van der Waals surface area contributed by atoms with Gasteiger partial charge in [-0.2, -0.15) is 4.99 Å². The minimum Gasteiger partial charge on any atom is -0.479 e. The van der Waals surface area contributed by atoms with Crippen LogP contribution >= 0.6 is 0 Å². The number of aliphatic carboxylic acids is 1. The number of carboxylic acids is 1. The van der Waals surface area contributed by atoms with E-state index in [4.69, 9.17) is 0 Å². The van der Waals surface area contributed by atoms with Crippen molar-refractivity contribution in [3.05, 3.63) is 0 Å². The van der Waals surface area contributed by atoms with Crippen LogP contribution in [0.1, 0.15) is 32.6 Å². The number of hydrogen-bond donors (Lipinski definition) is 1. The molecule has 0 radical (unpaired) electrons. The molecule has 2 atom stereocenters. The number of nitrogens with zero attached hydrogens (tertiary/aromatic N) is 3. The Morgan fingerprint density at radius 3 is 2.24 bits per heavy atom. The van der Waals surface area contributed by atoms with Crippen molar-refractivity contribution in [1.29, 1.82) is 0 Å². The van der Waals surface area contributed by atoms with Crippen molar-refractivity contribution >= 4 is 24.2 Å². The Morgan fingerprint density at radius 1 is 1.14 bits per heavy atom. The normalized spacial score (nSPS) is 13.8. The molecular formula is C13H17N3O5.